The van der Waals surface area contributed by atoms with E-state index in [4.69, 9.17) is 14.2 Å². The zero-order valence-electron chi connectivity index (χ0n) is 31.6. The van der Waals surface area contributed by atoms with Gasteiger partial charge in [0.25, 0.3) is 0 Å². The summed E-state index contributed by atoms with van der Waals surface area (Å²) in [5.41, 5.74) is 1.57. The standard InChI is InChI=1S/C29H70O3Si9/c1-30-26-23-27(31-2)29(28(24-26)32-3)39(22,41(36(13,14)15,37(16,17)18)38(19,20)21)25-40(33(4,5)6,34(7,8)9)35(10,11)12/h23-24H,25H2,1-22H3. The molecule has 1 aromatic rings. The monoisotopic (exact) mass is 718 g/mol. The molecule has 41 heavy (non-hydrogen) atoms. The lowest BCUT2D eigenvalue weighted by Gasteiger charge is -2.69. The van der Waals surface area contributed by atoms with Gasteiger partial charge in [-0.05, 0) is 0 Å². The molecule has 0 radical (unpaired) electrons. The van der Waals surface area contributed by atoms with Crippen molar-refractivity contribution in [2.75, 3.05) is 21.3 Å². The second-order valence-corrected chi connectivity index (χ2v) is 114. The number of hydrogen-bond donors (Lipinski definition) is 0. The first kappa shape index (κ1) is 39.6. The van der Waals surface area contributed by atoms with Crippen LogP contribution in [0.5, 0.6) is 17.2 Å². The van der Waals surface area contributed by atoms with Crippen LogP contribution in [-0.4, -0.2) is 87.2 Å². The van der Waals surface area contributed by atoms with Crippen molar-refractivity contribution in [2.24, 2.45) is 0 Å². The first-order chi connectivity index (χ1) is 17.9. The molecule has 0 bridgehead atoms. The molecule has 12 heteroatoms. The Kier molecular flexibility index (Phi) is 11.7. The van der Waals surface area contributed by atoms with Crippen molar-refractivity contribution in [3.05, 3.63) is 12.1 Å². The lowest BCUT2D eigenvalue weighted by Crippen LogP contribution is -2.98. The molecular formula is C29H70O3Si9. The Hall–Kier alpha value is 0.572. The van der Waals surface area contributed by atoms with E-state index in [0.717, 1.165) is 17.2 Å². The van der Waals surface area contributed by atoms with Gasteiger partial charge in [0.15, 0.2) is 0 Å². The smallest absolute Gasteiger partial charge is 0.126 e. The largest absolute Gasteiger partial charge is 0.497 e. The highest BCUT2D eigenvalue weighted by atomic mass is 30.2. The minimum Gasteiger partial charge on any atom is -0.497 e. The third kappa shape index (κ3) is 6.34. The fraction of sp³-hybridized carbons (Fsp3) is 0.793. The second-order valence-electron chi connectivity index (χ2n) is 19.1. The summed E-state index contributed by atoms with van der Waals surface area (Å²) < 4.78 is 18.8. The van der Waals surface area contributed by atoms with Crippen LogP contribution in [0.25, 0.3) is 0 Å². The summed E-state index contributed by atoms with van der Waals surface area (Å²) in [5.74, 6) is 2.97. The molecule has 0 N–H and O–H groups in total. The number of benzene rings is 1. The Bertz CT molecular complexity index is 969. The van der Waals surface area contributed by atoms with Crippen molar-refractivity contribution in [3.8, 4) is 17.2 Å². The molecule has 0 saturated heterocycles. The molecule has 0 aliphatic carbocycles. The molecule has 1 rings (SSSR count). The van der Waals surface area contributed by atoms with Crippen molar-refractivity contribution in [1.29, 1.82) is 0 Å². The molecule has 0 aliphatic rings. The Morgan fingerprint density at radius 2 is 0.732 bits per heavy atom. The van der Waals surface area contributed by atoms with Crippen LogP contribution >= 0.6 is 0 Å². The zero-order valence-corrected chi connectivity index (χ0v) is 40.6. The van der Waals surface area contributed by atoms with E-state index in [-0.39, 0.29) is 0 Å². The number of methoxy groups -OCH3 is 3. The third-order valence-corrected chi connectivity index (χ3v) is 205. The van der Waals surface area contributed by atoms with Gasteiger partial charge >= 0.3 is 0 Å². The van der Waals surface area contributed by atoms with E-state index in [1.165, 1.54) is 0 Å². The van der Waals surface area contributed by atoms with Gasteiger partial charge in [0.2, 0.25) is 0 Å². The minimum absolute atomic E-state index is 0.851. The van der Waals surface area contributed by atoms with Gasteiger partial charge < -0.3 is 14.2 Å². The molecule has 0 fully saturated rings. The van der Waals surface area contributed by atoms with Crippen LogP contribution in [0.1, 0.15) is 0 Å². The van der Waals surface area contributed by atoms with Gasteiger partial charge in [-0.3, -0.25) is 0 Å². The molecule has 0 spiro atoms. The zero-order chi connectivity index (χ0) is 33.1. The van der Waals surface area contributed by atoms with Gasteiger partial charge in [-0.2, -0.15) is 0 Å². The van der Waals surface area contributed by atoms with Crippen LogP contribution in [0.3, 0.4) is 0 Å². The van der Waals surface area contributed by atoms with Crippen molar-refractivity contribution in [1.82, 2.24) is 0 Å². The van der Waals surface area contributed by atoms with E-state index < -0.39 is 65.9 Å². The molecule has 1 unspecified atom stereocenters. The van der Waals surface area contributed by atoms with Gasteiger partial charge in [0.1, 0.15) is 17.2 Å². The number of hydrogen-bond acceptors (Lipinski definition) is 3. The van der Waals surface area contributed by atoms with E-state index in [9.17, 15) is 0 Å². The third-order valence-electron chi connectivity index (χ3n) is 10.9. The van der Waals surface area contributed by atoms with Gasteiger partial charge in [0.05, 0.1) is 28.9 Å². The van der Waals surface area contributed by atoms with Crippen LogP contribution in [0.15, 0.2) is 12.1 Å². The molecule has 0 amide bonds. The summed E-state index contributed by atoms with van der Waals surface area (Å²) in [6.07, 6.45) is -1.91. The molecule has 1 aromatic carbocycles. The van der Waals surface area contributed by atoms with E-state index >= 15 is 0 Å². The normalized spacial score (nSPS) is 16.3. The molecule has 3 nitrogen and oxygen atoms in total. The number of ether oxygens (including phenoxy) is 3. The highest BCUT2D eigenvalue weighted by Crippen LogP contribution is 2.52. The predicted molar refractivity (Wildman–Crippen MR) is 214 cm³/mol. The summed E-state index contributed by atoms with van der Waals surface area (Å²) in [5, 5.41) is 1.55. The SMILES string of the molecule is COc1cc(OC)c([Si](C)(C[Si]([Si](C)(C)C)([Si](C)(C)C)[Si](C)(C)C)[Si]([Si](C)(C)C)([Si](C)(C)C)[Si](C)(C)C)c(OC)c1. The molecule has 0 aliphatic heterocycles. The van der Waals surface area contributed by atoms with Crippen LogP contribution in [0.4, 0.5) is 0 Å². The Balaban J connectivity index is 4.94. The fourth-order valence-electron chi connectivity index (χ4n) is 12.5. The second kappa shape index (κ2) is 12.1. The Morgan fingerprint density at radius 3 is 0.927 bits per heavy atom. The topological polar surface area (TPSA) is 27.7 Å². The van der Waals surface area contributed by atoms with Crippen LogP contribution in [-0.2, 0) is 0 Å². The molecule has 0 heterocycles. The Morgan fingerprint density at radius 1 is 0.439 bits per heavy atom. The van der Waals surface area contributed by atoms with Crippen LogP contribution in [0, 0.1) is 0 Å². The van der Waals surface area contributed by atoms with Crippen LogP contribution in [0.2, 0.25) is 130 Å². The average molecular weight is 720 g/mol. The molecule has 0 saturated carbocycles. The molecule has 1 atom stereocenters. The first-order valence-corrected chi connectivity index (χ1v) is 50.6. The molecule has 240 valence electrons. The maximum absolute atomic E-state index is 6.47. The predicted octanol–water partition coefficient (Wildman–Crippen LogP) is 9.01. The first-order valence-electron chi connectivity index (χ1n) is 15.7. The van der Waals surface area contributed by atoms with Gasteiger partial charge in [-0.1, -0.05) is 130 Å². The summed E-state index contributed by atoms with van der Waals surface area (Å²) in [7, 11) is -6.19. The summed E-state index contributed by atoms with van der Waals surface area (Å²) in [4.78, 5) is 0. The maximum Gasteiger partial charge on any atom is 0.126 e. The highest BCUT2D eigenvalue weighted by molar-refractivity contribution is 8.09. The van der Waals surface area contributed by atoms with Crippen LogP contribution < -0.4 is 19.4 Å². The highest BCUT2D eigenvalue weighted by Gasteiger charge is 2.75. The summed E-state index contributed by atoms with van der Waals surface area (Å²) >= 11 is 0. The van der Waals surface area contributed by atoms with E-state index in [1.807, 2.05) is 14.2 Å². The molecule has 0 aromatic heterocycles. The Labute approximate surface area is 264 Å². The molecular weight excluding hydrogens is 649 g/mol. The van der Waals surface area contributed by atoms with E-state index in [1.54, 1.807) is 18.0 Å². The van der Waals surface area contributed by atoms with Gasteiger partial charge in [0, 0.05) is 75.6 Å². The van der Waals surface area contributed by atoms with Crippen molar-refractivity contribution in [2.45, 2.75) is 130 Å². The van der Waals surface area contributed by atoms with E-state index in [2.05, 4.69) is 137 Å². The number of rotatable bonds is 13. The minimum atomic E-state index is -2.26. The van der Waals surface area contributed by atoms with Crippen molar-refractivity contribution >= 4 is 71.1 Å². The lowest BCUT2D eigenvalue weighted by molar-refractivity contribution is 0.379. The van der Waals surface area contributed by atoms with E-state index in [0.29, 0.717) is 0 Å². The quantitative estimate of drug-likeness (QED) is 0.191. The van der Waals surface area contributed by atoms with Gasteiger partial charge in [-0.15, -0.1) is 0 Å². The van der Waals surface area contributed by atoms with Gasteiger partial charge in [-0.25, -0.2) is 0 Å². The maximum atomic E-state index is 6.47. The van der Waals surface area contributed by atoms with Crippen molar-refractivity contribution < 1.29 is 14.2 Å². The summed E-state index contributed by atoms with van der Waals surface area (Å²) in [6, 6.07) is 4.42. The average Bonchev–Trinajstić information content (AvgIpc) is 2.70. The fourth-order valence-corrected chi connectivity index (χ4v) is 313. The lowest BCUT2D eigenvalue weighted by atomic mass is 10.3. The van der Waals surface area contributed by atoms with Crippen molar-refractivity contribution in [3.63, 3.8) is 0 Å². The summed E-state index contributed by atoms with van der Waals surface area (Å²) in [6.45, 7) is 51.7.